The number of carboxylic acid groups (broad SMARTS) is 1. The van der Waals surface area contributed by atoms with Crippen molar-refractivity contribution in [2.24, 2.45) is 5.92 Å². The Morgan fingerprint density at radius 3 is 2.35 bits per heavy atom. The first kappa shape index (κ1) is 15.3. The number of likely N-dealkylation sites (tertiary alicyclic amines) is 1. The van der Waals surface area contributed by atoms with Crippen LogP contribution in [0.1, 0.15) is 31.8 Å². The number of aromatic carboxylic acids is 1. The number of rotatable bonds is 4. The first-order valence-electron chi connectivity index (χ1n) is 7.71. The van der Waals surface area contributed by atoms with Crippen LogP contribution < -0.4 is 0 Å². The molecule has 0 bridgehead atoms. The molecule has 0 radical (unpaired) electrons. The number of hydrogen-bond acceptors (Lipinski definition) is 2. The average Bonchev–Trinajstić information content (AvgIpc) is 2.50. The van der Waals surface area contributed by atoms with Crippen LogP contribution in [-0.2, 0) is 6.42 Å². The molecule has 1 N–H and O–H groups in total. The van der Waals surface area contributed by atoms with E-state index in [2.05, 4.69) is 31.2 Å². The van der Waals surface area contributed by atoms with Gasteiger partial charge in [0.15, 0.2) is 0 Å². The van der Waals surface area contributed by atoms with E-state index in [4.69, 9.17) is 5.11 Å². The summed E-state index contributed by atoms with van der Waals surface area (Å²) in [7, 11) is 0. The molecule has 3 rings (SSSR count). The molecule has 1 saturated heterocycles. The number of carbonyl (C=O) groups is 2. The van der Waals surface area contributed by atoms with Gasteiger partial charge in [-0.3, -0.25) is 4.79 Å². The molecule has 0 saturated carbocycles. The van der Waals surface area contributed by atoms with Crippen molar-refractivity contribution >= 4 is 11.9 Å². The molecule has 118 valence electrons. The van der Waals surface area contributed by atoms with Gasteiger partial charge in [0.2, 0.25) is 0 Å². The van der Waals surface area contributed by atoms with Crippen molar-refractivity contribution in [2.75, 3.05) is 13.1 Å². The topological polar surface area (TPSA) is 57.6 Å². The van der Waals surface area contributed by atoms with Crippen molar-refractivity contribution in [3.8, 4) is 0 Å². The zero-order valence-corrected chi connectivity index (χ0v) is 13.0. The summed E-state index contributed by atoms with van der Waals surface area (Å²) in [6, 6.07) is 14.6. The van der Waals surface area contributed by atoms with E-state index in [0.717, 1.165) is 19.5 Å². The van der Waals surface area contributed by atoms with Crippen molar-refractivity contribution in [1.82, 2.24) is 4.90 Å². The Kier molecular flexibility index (Phi) is 4.15. The third kappa shape index (κ3) is 3.42. The molecular formula is C19H19NO3. The maximum absolute atomic E-state index is 12.3. The van der Waals surface area contributed by atoms with Gasteiger partial charge in [0.05, 0.1) is 5.56 Å². The zero-order chi connectivity index (χ0) is 16.4. The second-order valence-electron chi connectivity index (χ2n) is 6.15. The largest absolute Gasteiger partial charge is 0.478 e. The summed E-state index contributed by atoms with van der Waals surface area (Å²) >= 11 is 0. The van der Waals surface area contributed by atoms with Crippen molar-refractivity contribution in [1.29, 1.82) is 0 Å². The number of amides is 1. The molecule has 0 spiro atoms. The Labute approximate surface area is 135 Å². The molecule has 0 unspecified atom stereocenters. The molecule has 4 heteroatoms. The first-order chi connectivity index (χ1) is 11.0. The Bertz CT molecular complexity index is 731. The lowest BCUT2D eigenvalue weighted by molar-refractivity contribution is 0.0500. The lowest BCUT2D eigenvalue weighted by Gasteiger charge is -2.39. The Balaban J connectivity index is 1.56. The summed E-state index contributed by atoms with van der Waals surface area (Å²) in [6.45, 7) is 3.60. The van der Waals surface area contributed by atoms with Gasteiger partial charge < -0.3 is 10.0 Å². The lowest BCUT2D eigenvalue weighted by Crippen LogP contribution is -2.50. The summed E-state index contributed by atoms with van der Waals surface area (Å²) < 4.78 is 0. The van der Waals surface area contributed by atoms with Crippen LogP contribution in [0.25, 0.3) is 0 Å². The molecular weight excluding hydrogens is 290 g/mol. The summed E-state index contributed by atoms with van der Waals surface area (Å²) in [5.41, 5.74) is 3.31. The minimum atomic E-state index is -0.980. The number of nitrogens with zero attached hydrogens (tertiary/aromatic N) is 1. The summed E-state index contributed by atoms with van der Waals surface area (Å²) in [4.78, 5) is 25.0. The standard InChI is InChI=1S/C19H19NO3/c1-13-3-2-4-14(9-13)10-15-11-20(12-15)18(21)16-5-7-17(8-6-16)19(22)23/h2-9,15H,10-12H2,1H3,(H,22,23). The molecule has 1 heterocycles. The highest BCUT2D eigenvalue weighted by atomic mass is 16.4. The van der Waals surface area contributed by atoms with Gasteiger partial charge in [-0.25, -0.2) is 4.79 Å². The third-order valence-electron chi connectivity index (χ3n) is 4.23. The lowest BCUT2D eigenvalue weighted by atomic mass is 9.91. The number of benzene rings is 2. The van der Waals surface area contributed by atoms with Crippen LogP contribution in [0, 0.1) is 12.8 Å². The van der Waals surface area contributed by atoms with Crippen LogP contribution in [0.2, 0.25) is 0 Å². The first-order valence-corrected chi connectivity index (χ1v) is 7.71. The van der Waals surface area contributed by atoms with Crippen LogP contribution in [0.4, 0.5) is 0 Å². The maximum atomic E-state index is 12.3. The SMILES string of the molecule is Cc1cccc(CC2CN(C(=O)c3ccc(C(=O)O)cc3)C2)c1. The Morgan fingerprint density at radius 1 is 1.09 bits per heavy atom. The molecule has 1 amide bonds. The molecule has 23 heavy (non-hydrogen) atoms. The van der Waals surface area contributed by atoms with Crippen LogP contribution in [0.5, 0.6) is 0 Å². The smallest absolute Gasteiger partial charge is 0.335 e. The van der Waals surface area contributed by atoms with Gasteiger partial charge >= 0.3 is 5.97 Å². The minimum absolute atomic E-state index is 0.0255. The van der Waals surface area contributed by atoms with Crippen molar-refractivity contribution in [3.05, 3.63) is 70.8 Å². The van der Waals surface area contributed by atoms with E-state index in [0.29, 0.717) is 11.5 Å². The van der Waals surface area contributed by atoms with Gasteiger partial charge in [0, 0.05) is 18.7 Å². The number of carbonyl (C=O) groups excluding carboxylic acids is 1. The van der Waals surface area contributed by atoms with Crippen LogP contribution in [0.15, 0.2) is 48.5 Å². The van der Waals surface area contributed by atoms with E-state index in [-0.39, 0.29) is 11.5 Å². The van der Waals surface area contributed by atoms with Crippen LogP contribution in [0.3, 0.4) is 0 Å². The van der Waals surface area contributed by atoms with Crippen LogP contribution in [-0.4, -0.2) is 35.0 Å². The van der Waals surface area contributed by atoms with Crippen molar-refractivity contribution < 1.29 is 14.7 Å². The molecule has 4 nitrogen and oxygen atoms in total. The van der Waals surface area contributed by atoms with Gasteiger partial charge in [-0.05, 0) is 49.1 Å². The number of hydrogen-bond donors (Lipinski definition) is 1. The Morgan fingerprint density at radius 2 is 1.74 bits per heavy atom. The highest BCUT2D eigenvalue weighted by molar-refractivity contribution is 5.96. The van der Waals surface area contributed by atoms with E-state index in [9.17, 15) is 9.59 Å². The van der Waals surface area contributed by atoms with E-state index < -0.39 is 5.97 Å². The minimum Gasteiger partial charge on any atom is -0.478 e. The molecule has 0 aliphatic carbocycles. The summed E-state index contributed by atoms with van der Waals surface area (Å²) in [5.74, 6) is -0.507. The predicted octanol–water partition coefficient (Wildman–Crippen LogP) is 3.01. The zero-order valence-electron chi connectivity index (χ0n) is 13.0. The van der Waals surface area contributed by atoms with Gasteiger partial charge in [-0.2, -0.15) is 0 Å². The third-order valence-corrected chi connectivity index (χ3v) is 4.23. The van der Waals surface area contributed by atoms with Gasteiger partial charge in [0.1, 0.15) is 0 Å². The van der Waals surface area contributed by atoms with Gasteiger partial charge in [-0.1, -0.05) is 29.8 Å². The normalized spacial score (nSPS) is 14.4. The van der Waals surface area contributed by atoms with E-state index in [1.807, 2.05) is 4.90 Å². The average molecular weight is 309 g/mol. The predicted molar refractivity (Wildman–Crippen MR) is 87.7 cm³/mol. The number of carboxylic acids is 1. The highest BCUT2D eigenvalue weighted by Gasteiger charge is 2.31. The highest BCUT2D eigenvalue weighted by Crippen LogP contribution is 2.23. The fraction of sp³-hybridized carbons (Fsp3) is 0.263. The van der Waals surface area contributed by atoms with E-state index >= 15 is 0 Å². The van der Waals surface area contributed by atoms with Gasteiger partial charge in [-0.15, -0.1) is 0 Å². The molecule has 2 aromatic rings. The molecule has 0 aromatic heterocycles. The monoisotopic (exact) mass is 309 g/mol. The van der Waals surface area contributed by atoms with Crippen molar-refractivity contribution in [3.63, 3.8) is 0 Å². The second kappa shape index (κ2) is 6.24. The fourth-order valence-electron chi connectivity index (χ4n) is 2.98. The molecule has 2 aromatic carbocycles. The van der Waals surface area contributed by atoms with E-state index in [1.54, 1.807) is 12.1 Å². The Hall–Kier alpha value is -2.62. The molecule has 1 aliphatic rings. The molecule has 0 atom stereocenters. The summed E-state index contributed by atoms with van der Waals surface area (Å²) in [5, 5.41) is 8.88. The second-order valence-corrected chi connectivity index (χ2v) is 6.15. The summed E-state index contributed by atoms with van der Waals surface area (Å²) in [6.07, 6.45) is 0.989. The van der Waals surface area contributed by atoms with Gasteiger partial charge in [0.25, 0.3) is 5.91 Å². The quantitative estimate of drug-likeness (QED) is 0.944. The van der Waals surface area contributed by atoms with Crippen molar-refractivity contribution in [2.45, 2.75) is 13.3 Å². The number of aryl methyl sites for hydroxylation is 1. The fourth-order valence-corrected chi connectivity index (χ4v) is 2.98. The van der Waals surface area contributed by atoms with E-state index in [1.165, 1.54) is 23.3 Å². The maximum Gasteiger partial charge on any atom is 0.335 e. The molecule has 1 aliphatic heterocycles. The molecule has 1 fully saturated rings. The van der Waals surface area contributed by atoms with Crippen LogP contribution >= 0.6 is 0 Å².